The Morgan fingerprint density at radius 3 is 1.92 bits per heavy atom. The molecule has 0 amide bonds. The highest BCUT2D eigenvalue weighted by Gasteiger charge is 2.33. The molecular formula is C69H50N6O. The van der Waals surface area contributed by atoms with Gasteiger partial charge in [0.25, 0.3) is 0 Å². The van der Waals surface area contributed by atoms with E-state index in [4.69, 9.17) is 14.7 Å². The molecule has 0 saturated heterocycles. The van der Waals surface area contributed by atoms with Crippen LogP contribution in [0.2, 0.25) is 0 Å². The van der Waals surface area contributed by atoms with E-state index in [2.05, 4.69) is 252 Å². The highest BCUT2D eigenvalue weighted by atomic mass is 16.5. The Kier molecular flexibility index (Phi) is 9.75. The first-order valence-corrected chi connectivity index (χ1v) is 26.1. The summed E-state index contributed by atoms with van der Waals surface area (Å²) in [4.78, 5) is 14.9. The predicted octanol–water partition coefficient (Wildman–Crippen LogP) is 18.0. The fraction of sp³-hybridized carbons (Fsp3) is 0.0725. The van der Waals surface area contributed by atoms with Crippen molar-refractivity contribution in [3.63, 3.8) is 0 Å². The minimum absolute atomic E-state index is 0.0865. The SMILES string of the molecule is CC(C)(C)c1ccnc(-n2c3cc(Oc4cccc(N5CN(c6c(-c7ccccc7)cccc6-c6ccccc6)c6ncccc65)c4)ccc3c3c4c(ccc32)-n2c3ccccc3c3cccc(c32)-c2ccccc2-4)c1. The molecule has 0 bridgehead atoms. The zero-order valence-corrected chi connectivity index (χ0v) is 42.3. The monoisotopic (exact) mass is 978 g/mol. The van der Waals surface area contributed by atoms with Gasteiger partial charge in [-0.2, -0.15) is 0 Å². The zero-order valence-electron chi connectivity index (χ0n) is 42.3. The molecular weight excluding hydrogens is 929 g/mol. The van der Waals surface area contributed by atoms with Crippen molar-refractivity contribution in [3.05, 3.63) is 242 Å². The molecule has 0 saturated carbocycles. The third kappa shape index (κ3) is 6.75. The lowest BCUT2D eigenvalue weighted by atomic mass is 9.88. The first kappa shape index (κ1) is 43.8. The molecule has 0 fully saturated rings. The fourth-order valence-electron chi connectivity index (χ4n) is 12.2. The summed E-state index contributed by atoms with van der Waals surface area (Å²) in [6.07, 6.45) is 3.84. The van der Waals surface area contributed by atoms with Crippen LogP contribution < -0.4 is 14.5 Å². The number of aromatic nitrogens is 4. The summed E-state index contributed by atoms with van der Waals surface area (Å²) in [7, 11) is 0. The minimum atomic E-state index is -0.0865. The summed E-state index contributed by atoms with van der Waals surface area (Å²) in [5, 5.41) is 4.79. The Morgan fingerprint density at radius 2 is 1.12 bits per heavy atom. The summed E-state index contributed by atoms with van der Waals surface area (Å²) in [6.45, 7) is 7.33. The Bertz CT molecular complexity index is 4410. The Balaban J connectivity index is 0.880. The van der Waals surface area contributed by atoms with Crippen molar-refractivity contribution in [3.8, 4) is 67.5 Å². The molecule has 362 valence electrons. The van der Waals surface area contributed by atoms with Crippen molar-refractivity contribution in [1.29, 1.82) is 0 Å². The zero-order chi connectivity index (χ0) is 50.6. The van der Waals surface area contributed by atoms with E-state index in [-0.39, 0.29) is 5.41 Å². The number of rotatable bonds is 7. The van der Waals surface area contributed by atoms with Crippen molar-refractivity contribution in [2.24, 2.45) is 0 Å². The maximum absolute atomic E-state index is 7.02. The van der Waals surface area contributed by atoms with Gasteiger partial charge < -0.3 is 19.1 Å². The van der Waals surface area contributed by atoms with Gasteiger partial charge in [0.15, 0.2) is 5.82 Å². The quantitative estimate of drug-likeness (QED) is 0.159. The first-order valence-electron chi connectivity index (χ1n) is 26.1. The molecule has 0 aliphatic carbocycles. The van der Waals surface area contributed by atoms with Gasteiger partial charge in [0.2, 0.25) is 0 Å². The maximum atomic E-state index is 7.02. The largest absolute Gasteiger partial charge is 0.457 e. The van der Waals surface area contributed by atoms with E-state index in [9.17, 15) is 0 Å². The van der Waals surface area contributed by atoms with Crippen molar-refractivity contribution in [2.75, 3.05) is 16.5 Å². The molecule has 0 atom stereocenters. The van der Waals surface area contributed by atoms with E-state index in [1.807, 2.05) is 24.5 Å². The third-order valence-corrected chi connectivity index (χ3v) is 15.6. The van der Waals surface area contributed by atoms with Crippen LogP contribution in [0.3, 0.4) is 0 Å². The highest BCUT2D eigenvalue weighted by molar-refractivity contribution is 6.23. The maximum Gasteiger partial charge on any atom is 0.158 e. The van der Waals surface area contributed by atoms with Gasteiger partial charge >= 0.3 is 0 Å². The van der Waals surface area contributed by atoms with Crippen LogP contribution in [0.5, 0.6) is 11.5 Å². The Morgan fingerprint density at radius 1 is 0.434 bits per heavy atom. The van der Waals surface area contributed by atoms with Crippen LogP contribution >= 0.6 is 0 Å². The lowest BCUT2D eigenvalue weighted by molar-refractivity contribution is 0.483. The lowest BCUT2D eigenvalue weighted by Crippen LogP contribution is -2.25. The molecule has 7 nitrogen and oxygen atoms in total. The highest BCUT2D eigenvalue weighted by Crippen LogP contribution is 2.53. The van der Waals surface area contributed by atoms with E-state index >= 15 is 0 Å². The van der Waals surface area contributed by atoms with Gasteiger partial charge in [-0.1, -0.05) is 166 Å². The first-order chi connectivity index (χ1) is 37.4. The van der Waals surface area contributed by atoms with Crippen LogP contribution in [0.4, 0.5) is 22.9 Å². The second kappa shape index (κ2) is 16.9. The second-order valence-corrected chi connectivity index (χ2v) is 21.0. The number of hydrogen-bond donors (Lipinski definition) is 0. The lowest BCUT2D eigenvalue weighted by Gasteiger charge is -2.26. The second-order valence-electron chi connectivity index (χ2n) is 21.0. The Hall–Kier alpha value is -9.72. The minimum Gasteiger partial charge on any atom is -0.457 e. The van der Waals surface area contributed by atoms with Crippen molar-refractivity contribution in [2.45, 2.75) is 26.2 Å². The van der Waals surface area contributed by atoms with Crippen LogP contribution in [0, 0.1) is 0 Å². The molecule has 6 heterocycles. The van der Waals surface area contributed by atoms with Crippen molar-refractivity contribution < 1.29 is 4.74 Å². The molecule has 76 heavy (non-hydrogen) atoms. The topological polar surface area (TPSA) is 51.4 Å². The third-order valence-electron chi connectivity index (χ3n) is 15.6. The smallest absolute Gasteiger partial charge is 0.158 e. The van der Waals surface area contributed by atoms with Crippen molar-refractivity contribution in [1.82, 2.24) is 19.1 Å². The van der Waals surface area contributed by atoms with Gasteiger partial charge in [0.1, 0.15) is 24.0 Å². The molecule has 13 aromatic rings. The molecule has 0 unspecified atom stereocenters. The normalized spacial score (nSPS) is 12.8. The molecule has 9 aromatic carbocycles. The van der Waals surface area contributed by atoms with E-state index in [1.54, 1.807) is 0 Å². The molecule has 7 heteroatoms. The number of benzene rings is 9. The van der Waals surface area contributed by atoms with Crippen molar-refractivity contribution >= 4 is 66.5 Å². The molecule has 2 aliphatic heterocycles. The van der Waals surface area contributed by atoms with Crippen LogP contribution in [0.15, 0.2) is 237 Å². The molecule has 2 aliphatic rings. The van der Waals surface area contributed by atoms with E-state index in [0.717, 1.165) is 84.6 Å². The molecule has 0 radical (unpaired) electrons. The van der Waals surface area contributed by atoms with Crippen LogP contribution in [-0.2, 0) is 5.41 Å². The van der Waals surface area contributed by atoms with Gasteiger partial charge in [-0.05, 0) is 100.0 Å². The summed E-state index contributed by atoms with van der Waals surface area (Å²) < 4.78 is 11.9. The number of nitrogens with zero attached hydrogens (tertiary/aromatic N) is 6. The van der Waals surface area contributed by atoms with Gasteiger partial charge in [-0.15, -0.1) is 0 Å². The van der Waals surface area contributed by atoms with Gasteiger partial charge in [0, 0.05) is 74.0 Å². The van der Waals surface area contributed by atoms with E-state index < -0.39 is 0 Å². The predicted molar refractivity (Wildman–Crippen MR) is 313 cm³/mol. The van der Waals surface area contributed by atoms with Gasteiger partial charge in [-0.3, -0.25) is 4.57 Å². The summed E-state index contributed by atoms with van der Waals surface area (Å²) in [6, 6.07) is 80.6. The molecule has 0 spiro atoms. The summed E-state index contributed by atoms with van der Waals surface area (Å²) >= 11 is 0. The fourth-order valence-corrected chi connectivity index (χ4v) is 12.2. The van der Waals surface area contributed by atoms with Crippen LogP contribution in [-0.4, -0.2) is 25.8 Å². The molecule has 4 aromatic heterocycles. The number of fused-ring (bicyclic) bond motifs is 13. The molecule has 0 N–H and O–H groups in total. The van der Waals surface area contributed by atoms with E-state index in [0.29, 0.717) is 6.67 Å². The number of ether oxygens (including phenoxy) is 1. The van der Waals surface area contributed by atoms with Gasteiger partial charge in [0.05, 0.1) is 39.1 Å². The molecule has 15 rings (SSSR count). The number of pyridine rings is 2. The standard InChI is InChI=1S/C69H50N6O/c1-69(2,3)46-37-39-70-63(40-46)74-59-35-36-60-64(54-26-11-10-24-52(54)55-29-16-30-56-53-25-12-13-31-58(53)75(60)67(55)56)65(59)57-34-33-49(42-62(57)74)76-48-23-14-22-47(41-48)72-43-73(68-61(72)32-17-38-71-68)66-50(44-18-6-4-7-19-44)27-15-28-51(66)45-20-8-5-9-21-45/h4-42H,43H2,1-3H3. The summed E-state index contributed by atoms with van der Waals surface area (Å²) in [5.74, 6) is 3.22. The average Bonchev–Trinajstić information content (AvgIpc) is 4.32. The number of para-hydroxylation sites is 3. The van der Waals surface area contributed by atoms with Crippen LogP contribution in [0.25, 0.3) is 99.6 Å². The average molecular weight is 979 g/mol. The van der Waals surface area contributed by atoms with Crippen LogP contribution in [0.1, 0.15) is 26.3 Å². The Labute approximate surface area is 440 Å². The van der Waals surface area contributed by atoms with Gasteiger partial charge in [-0.25, -0.2) is 9.97 Å². The van der Waals surface area contributed by atoms with E-state index in [1.165, 1.54) is 55.0 Å². The number of hydrogen-bond acceptors (Lipinski definition) is 5. The summed E-state index contributed by atoms with van der Waals surface area (Å²) in [5.41, 5.74) is 19.4. The number of anilines is 4.